The highest BCUT2D eigenvalue weighted by atomic mass is 16.5. The third kappa shape index (κ3) is 3.47. The molecule has 5 nitrogen and oxygen atoms in total. The maximum absolute atomic E-state index is 5.70. The smallest absolute Gasteiger partial charge is 0.106 e. The van der Waals surface area contributed by atoms with Crippen LogP contribution in [-0.4, -0.2) is 54.2 Å². The van der Waals surface area contributed by atoms with Gasteiger partial charge in [0, 0.05) is 39.4 Å². The minimum Gasteiger partial charge on any atom is -0.378 e. The molecule has 0 bridgehead atoms. The van der Waals surface area contributed by atoms with Gasteiger partial charge in [0.2, 0.25) is 0 Å². The fourth-order valence-corrected chi connectivity index (χ4v) is 3.60. The highest BCUT2D eigenvalue weighted by Gasteiger charge is 2.36. The molecule has 1 saturated heterocycles. The molecule has 2 fully saturated rings. The van der Waals surface area contributed by atoms with Crippen LogP contribution in [0.3, 0.4) is 0 Å². The Bertz CT molecular complexity index is 448. The van der Waals surface area contributed by atoms with Gasteiger partial charge in [-0.15, -0.1) is 0 Å². The van der Waals surface area contributed by atoms with Crippen molar-refractivity contribution in [2.45, 2.75) is 50.3 Å². The number of rotatable bonds is 6. The second-order valence-corrected chi connectivity index (χ2v) is 6.59. The second-order valence-electron chi connectivity index (χ2n) is 6.59. The quantitative estimate of drug-likeness (QED) is 0.806. The molecule has 0 spiro atoms. The van der Waals surface area contributed by atoms with E-state index in [9.17, 15) is 0 Å². The Morgan fingerprint density at radius 2 is 2.29 bits per heavy atom. The number of ether oxygens (including phenoxy) is 2. The van der Waals surface area contributed by atoms with E-state index in [0.29, 0.717) is 12.6 Å². The molecule has 118 valence electrons. The molecular formula is C16H27N3O2. The van der Waals surface area contributed by atoms with E-state index in [0.717, 1.165) is 31.8 Å². The van der Waals surface area contributed by atoms with Gasteiger partial charge in [0.1, 0.15) is 5.60 Å². The van der Waals surface area contributed by atoms with Crippen LogP contribution in [-0.2, 0) is 16.0 Å². The number of methoxy groups -OCH3 is 1. The van der Waals surface area contributed by atoms with Crippen LogP contribution in [0.5, 0.6) is 0 Å². The molecule has 1 aliphatic heterocycles. The summed E-state index contributed by atoms with van der Waals surface area (Å²) in [6.07, 6.45) is 8.36. The SMILES string of the molecule is COC1(CN(C)Cc2ccn(C3CCCC3)n2)CCOC1. The van der Waals surface area contributed by atoms with Crippen LogP contribution in [0.25, 0.3) is 0 Å². The lowest BCUT2D eigenvalue weighted by molar-refractivity contribution is -0.0379. The number of nitrogens with zero attached hydrogens (tertiary/aromatic N) is 3. The van der Waals surface area contributed by atoms with E-state index in [1.165, 1.54) is 25.7 Å². The fraction of sp³-hybridized carbons (Fsp3) is 0.812. The van der Waals surface area contributed by atoms with Crippen LogP contribution >= 0.6 is 0 Å². The standard InChI is InChI=1S/C16H27N3O2/c1-18(12-16(20-2)8-10-21-13-16)11-14-7-9-19(17-14)15-5-3-4-6-15/h7,9,15H,3-6,8,10-13H2,1-2H3. The van der Waals surface area contributed by atoms with Gasteiger partial charge in [0.25, 0.3) is 0 Å². The maximum Gasteiger partial charge on any atom is 0.106 e. The van der Waals surface area contributed by atoms with Crippen LogP contribution in [0.15, 0.2) is 12.3 Å². The summed E-state index contributed by atoms with van der Waals surface area (Å²) < 4.78 is 13.4. The van der Waals surface area contributed by atoms with Crippen LogP contribution in [0, 0.1) is 0 Å². The molecule has 0 aromatic carbocycles. The van der Waals surface area contributed by atoms with Gasteiger partial charge >= 0.3 is 0 Å². The average Bonchev–Trinajstić information content (AvgIpc) is 3.19. The fourth-order valence-electron chi connectivity index (χ4n) is 3.60. The first-order chi connectivity index (χ1) is 10.2. The van der Waals surface area contributed by atoms with Gasteiger partial charge in [0.15, 0.2) is 0 Å². The van der Waals surface area contributed by atoms with Gasteiger partial charge in [-0.2, -0.15) is 5.10 Å². The molecule has 1 aromatic rings. The van der Waals surface area contributed by atoms with Crippen molar-refractivity contribution in [1.82, 2.24) is 14.7 Å². The van der Waals surface area contributed by atoms with Crippen molar-refractivity contribution >= 4 is 0 Å². The summed E-state index contributed by atoms with van der Waals surface area (Å²) in [4.78, 5) is 2.29. The van der Waals surface area contributed by atoms with E-state index in [-0.39, 0.29) is 5.60 Å². The molecule has 1 aromatic heterocycles. The molecule has 5 heteroatoms. The summed E-state index contributed by atoms with van der Waals surface area (Å²) >= 11 is 0. The number of hydrogen-bond donors (Lipinski definition) is 0. The van der Waals surface area contributed by atoms with Gasteiger partial charge in [-0.3, -0.25) is 9.58 Å². The molecule has 0 amide bonds. The third-order valence-corrected chi connectivity index (χ3v) is 4.85. The Labute approximate surface area is 127 Å². The van der Waals surface area contributed by atoms with Gasteiger partial charge in [0.05, 0.1) is 18.3 Å². The molecular weight excluding hydrogens is 266 g/mol. The highest BCUT2D eigenvalue weighted by molar-refractivity contribution is 5.01. The number of hydrogen-bond acceptors (Lipinski definition) is 4. The summed E-state index contributed by atoms with van der Waals surface area (Å²) in [5, 5.41) is 4.76. The maximum atomic E-state index is 5.70. The van der Waals surface area contributed by atoms with E-state index < -0.39 is 0 Å². The first kappa shape index (κ1) is 15.0. The Morgan fingerprint density at radius 1 is 1.48 bits per heavy atom. The molecule has 1 aliphatic carbocycles. The van der Waals surface area contributed by atoms with Crippen LogP contribution < -0.4 is 0 Å². The summed E-state index contributed by atoms with van der Waals surface area (Å²) in [6, 6.07) is 2.78. The summed E-state index contributed by atoms with van der Waals surface area (Å²) in [5.41, 5.74) is 1.01. The second kappa shape index (κ2) is 6.46. The molecule has 0 radical (unpaired) electrons. The van der Waals surface area contributed by atoms with E-state index in [4.69, 9.17) is 14.6 Å². The first-order valence-electron chi connectivity index (χ1n) is 8.06. The molecule has 1 saturated carbocycles. The topological polar surface area (TPSA) is 39.5 Å². The lowest BCUT2D eigenvalue weighted by Gasteiger charge is -2.30. The highest BCUT2D eigenvalue weighted by Crippen LogP contribution is 2.29. The Morgan fingerprint density at radius 3 is 2.95 bits per heavy atom. The van der Waals surface area contributed by atoms with Gasteiger partial charge in [-0.1, -0.05) is 12.8 Å². The van der Waals surface area contributed by atoms with Gasteiger partial charge in [-0.25, -0.2) is 0 Å². The van der Waals surface area contributed by atoms with Crippen molar-refractivity contribution in [3.63, 3.8) is 0 Å². The predicted octanol–water partition coefficient (Wildman–Crippen LogP) is 2.24. The summed E-state index contributed by atoms with van der Waals surface area (Å²) in [7, 11) is 3.92. The molecule has 2 aliphatic rings. The zero-order valence-electron chi connectivity index (χ0n) is 13.3. The van der Waals surface area contributed by atoms with E-state index in [1.807, 2.05) is 0 Å². The van der Waals surface area contributed by atoms with Gasteiger partial charge < -0.3 is 9.47 Å². The molecule has 0 N–H and O–H groups in total. The van der Waals surface area contributed by atoms with E-state index in [2.05, 4.69) is 28.9 Å². The number of likely N-dealkylation sites (N-methyl/N-ethyl adjacent to an activating group) is 1. The summed E-state index contributed by atoms with van der Waals surface area (Å²) in [5.74, 6) is 0. The first-order valence-corrected chi connectivity index (χ1v) is 8.06. The van der Waals surface area contributed by atoms with Crippen molar-refractivity contribution in [2.75, 3.05) is 33.9 Å². The number of aromatic nitrogens is 2. The van der Waals surface area contributed by atoms with Crippen molar-refractivity contribution in [3.8, 4) is 0 Å². The van der Waals surface area contributed by atoms with Crippen molar-refractivity contribution in [2.24, 2.45) is 0 Å². The third-order valence-electron chi connectivity index (χ3n) is 4.85. The minimum absolute atomic E-state index is 0.136. The summed E-state index contributed by atoms with van der Waals surface area (Å²) in [6.45, 7) is 3.26. The van der Waals surface area contributed by atoms with Crippen molar-refractivity contribution < 1.29 is 9.47 Å². The molecule has 3 rings (SSSR count). The van der Waals surface area contributed by atoms with Crippen molar-refractivity contribution in [3.05, 3.63) is 18.0 Å². The predicted molar refractivity (Wildman–Crippen MR) is 81.2 cm³/mol. The molecule has 21 heavy (non-hydrogen) atoms. The zero-order valence-corrected chi connectivity index (χ0v) is 13.3. The molecule has 2 heterocycles. The van der Waals surface area contributed by atoms with Gasteiger partial charge in [-0.05, 0) is 26.0 Å². The Balaban J connectivity index is 1.55. The Kier molecular flexibility index (Phi) is 4.62. The monoisotopic (exact) mass is 293 g/mol. The lowest BCUT2D eigenvalue weighted by atomic mass is 10.0. The van der Waals surface area contributed by atoms with Crippen molar-refractivity contribution in [1.29, 1.82) is 0 Å². The van der Waals surface area contributed by atoms with Crippen LogP contribution in [0.1, 0.15) is 43.8 Å². The minimum atomic E-state index is -0.136. The van der Waals surface area contributed by atoms with E-state index in [1.54, 1.807) is 7.11 Å². The molecule has 1 unspecified atom stereocenters. The van der Waals surface area contributed by atoms with Crippen LogP contribution in [0.2, 0.25) is 0 Å². The van der Waals surface area contributed by atoms with E-state index >= 15 is 0 Å². The zero-order chi connectivity index (χ0) is 14.7. The average molecular weight is 293 g/mol. The Hall–Kier alpha value is -0.910. The normalized spacial score (nSPS) is 27.0. The largest absolute Gasteiger partial charge is 0.378 e. The van der Waals surface area contributed by atoms with Crippen LogP contribution in [0.4, 0.5) is 0 Å². The lowest BCUT2D eigenvalue weighted by Crippen LogP contribution is -2.43. The molecule has 1 atom stereocenters.